The predicted octanol–water partition coefficient (Wildman–Crippen LogP) is 1.64. The molecule has 0 unspecified atom stereocenters. The zero-order chi connectivity index (χ0) is 9.41. The van der Waals surface area contributed by atoms with Crippen molar-refractivity contribution >= 4 is 13.6 Å². The Labute approximate surface area is 79.9 Å². The maximum Gasteiger partial charge on any atom is 2.00 e. The van der Waals surface area contributed by atoms with Crippen molar-refractivity contribution in [2.24, 2.45) is 0 Å². The summed E-state index contributed by atoms with van der Waals surface area (Å²) in [5.41, 5.74) is 0. The van der Waals surface area contributed by atoms with Gasteiger partial charge in [0.2, 0.25) is 0 Å². The molecular formula is C8H14FeO2. The van der Waals surface area contributed by atoms with Gasteiger partial charge in [0, 0.05) is 0 Å². The number of hydrogen-bond donors (Lipinski definition) is 0. The molecule has 0 heterocycles. The minimum atomic E-state index is 0. The summed E-state index contributed by atoms with van der Waals surface area (Å²) < 4.78 is 0. The topological polar surface area (TPSA) is 34.1 Å². The fourth-order valence-corrected chi connectivity index (χ4v) is 0. The van der Waals surface area contributed by atoms with E-state index in [0.29, 0.717) is 0 Å². The van der Waals surface area contributed by atoms with Crippen LogP contribution in [-0.2, 0) is 26.7 Å². The number of carbonyl (C=O) groups is 2. The summed E-state index contributed by atoms with van der Waals surface area (Å²) in [5, 5.41) is 0. The first-order valence-electron chi connectivity index (χ1n) is 2.21. The summed E-state index contributed by atoms with van der Waals surface area (Å²) >= 11 is 0. The first-order chi connectivity index (χ1) is 4.83. The van der Waals surface area contributed by atoms with Gasteiger partial charge < -0.3 is 9.59 Å². The third-order valence-corrected chi connectivity index (χ3v) is 0. The fraction of sp³-hybridized carbons (Fsp3) is 0. The number of carbonyl (C=O) groups excluding carboxylic acids is 2. The maximum atomic E-state index is 8.00. The van der Waals surface area contributed by atoms with Crippen LogP contribution in [0.5, 0.6) is 0 Å². The van der Waals surface area contributed by atoms with Crippen LogP contribution in [0.2, 0.25) is 0 Å². The molecule has 0 aromatic rings. The third kappa shape index (κ3) is 537. The minimum Gasteiger partial charge on any atom is -0.307 e. The Bertz CT molecular complexity index is 48.1. The van der Waals surface area contributed by atoms with E-state index in [1.807, 2.05) is 13.6 Å². The second kappa shape index (κ2) is 509. The van der Waals surface area contributed by atoms with E-state index < -0.39 is 0 Å². The second-order valence-corrected chi connectivity index (χ2v) is 0.577. The molecule has 0 atom stereocenters. The Morgan fingerprint density at radius 2 is 0.818 bits per heavy atom. The van der Waals surface area contributed by atoms with E-state index in [2.05, 4.69) is 27.0 Å². The molecule has 0 aromatic carbocycles. The summed E-state index contributed by atoms with van der Waals surface area (Å²) in [4.78, 5) is 16.0. The van der Waals surface area contributed by atoms with Gasteiger partial charge >= 0.3 is 17.1 Å². The molecule has 0 aliphatic carbocycles. The first kappa shape index (κ1) is 32.2. The maximum absolute atomic E-state index is 8.00. The predicted molar refractivity (Wildman–Crippen MR) is 45.4 cm³/mol. The van der Waals surface area contributed by atoms with Crippen molar-refractivity contribution in [2.45, 2.75) is 0 Å². The molecule has 0 saturated heterocycles. The minimum absolute atomic E-state index is 0. The Morgan fingerprint density at radius 1 is 0.818 bits per heavy atom. The zero-order valence-electron chi connectivity index (χ0n) is 6.57. The van der Waals surface area contributed by atoms with Crippen LogP contribution in [-0.4, -0.2) is 13.6 Å². The van der Waals surface area contributed by atoms with Gasteiger partial charge in [-0.25, -0.2) is 39.2 Å². The number of allylic oxidation sites excluding steroid dienone is 2. The molecule has 0 aromatic heterocycles. The molecular weight excluding hydrogens is 184 g/mol. The first-order valence-corrected chi connectivity index (χ1v) is 2.21. The van der Waals surface area contributed by atoms with Crippen molar-refractivity contribution in [3.8, 4) is 0 Å². The molecule has 2 nitrogen and oxygen atoms in total. The van der Waals surface area contributed by atoms with Gasteiger partial charge in [-0.2, -0.15) is 0 Å². The number of hydrogen-bond acceptors (Lipinski definition) is 2. The number of rotatable bonds is 0. The van der Waals surface area contributed by atoms with Crippen LogP contribution in [0.1, 0.15) is 0 Å². The average Bonchev–Trinajstić information content (AvgIpc) is 1.99. The van der Waals surface area contributed by atoms with Crippen LogP contribution >= 0.6 is 0 Å². The molecule has 11 heavy (non-hydrogen) atoms. The van der Waals surface area contributed by atoms with Crippen LogP contribution < -0.4 is 0 Å². The van der Waals surface area contributed by atoms with Gasteiger partial charge in [0.15, 0.2) is 0 Å². The summed E-state index contributed by atoms with van der Waals surface area (Å²) in [6.07, 6.45) is 3.00. The molecule has 0 aliphatic rings. The Hall–Kier alpha value is -0.921. The van der Waals surface area contributed by atoms with Gasteiger partial charge in [-0.3, -0.25) is 0 Å². The van der Waals surface area contributed by atoms with E-state index in [1.54, 1.807) is 0 Å². The third-order valence-electron chi connectivity index (χ3n) is 0. The average molecular weight is 198 g/mol. The fourth-order valence-electron chi connectivity index (χ4n) is 0. The van der Waals surface area contributed by atoms with Crippen molar-refractivity contribution < 1.29 is 26.7 Å². The van der Waals surface area contributed by atoms with Gasteiger partial charge in [-0.1, -0.05) is 0 Å². The van der Waals surface area contributed by atoms with Crippen molar-refractivity contribution in [3.05, 3.63) is 39.2 Å². The molecule has 0 rings (SSSR count). The SMILES string of the molecule is C=C[CH2-].C=C[CH2-].C=O.C=O.[Fe+2]. The van der Waals surface area contributed by atoms with Crippen LogP contribution in [0, 0.1) is 13.8 Å². The van der Waals surface area contributed by atoms with Gasteiger partial charge in [-0.05, 0) is 0 Å². The van der Waals surface area contributed by atoms with E-state index in [9.17, 15) is 0 Å². The molecule has 0 fully saturated rings. The smallest absolute Gasteiger partial charge is 0.307 e. The Balaban J connectivity index is -0.0000000144. The molecule has 0 radical (unpaired) electrons. The Kier molecular flexibility index (Phi) is 1490. The molecule has 0 spiro atoms. The van der Waals surface area contributed by atoms with Gasteiger partial charge in [0.05, 0.1) is 0 Å². The quantitative estimate of drug-likeness (QED) is 0.438. The van der Waals surface area contributed by atoms with Crippen molar-refractivity contribution in [1.29, 1.82) is 0 Å². The molecule has 0 bridgehead atoms. The van der Waals surface area contributed by atoms with E-state index in [4.69, 9.17) is 9.59 Å². The van der Waals surface area contributed by atoms with E-state index in [1.165, 1.54) is 12.2 Å². The molecule has 66 valence electrons. The van der Waals surface area contributed by atoms with Crippen molar-refractivity contribution in [1.82, 2.24) is 0 Å². The molecule has 0 N–H and O–H groups in total. The summed E-state index contributed by atoms with van der Waals surface area (Å²) in [6, 6.07) is 0. The summed E-state index contributed by atoms with van der Waals surface area (Å²) in [7, 11) is 0. The molecule has 0 aliphatic heterocycles. The summed E-state index contributed by atoms with van der Waals surface area (Å²) in [5.74, 6) is 0. The van der Waals surface area contributed by atoms with Crippen LogP contribution in [0.4, 0.5) is 0 Å². The monoisotopic (exact) mass is 198 g/mol. The van der Waals surface area contributed by atoms with E-state index in [0.717, 1.165) is 0 Å². The van der Waals surface area contributed by atoms with E-state index >= 15 is 0 Å². The summed E-state index contributed by atoms with van der Waals surface area (Å²) in [6.45, 7) is 17.0. The molecule has 3 heteroatoms. The van der Waals surface area contributed by atoms with Crippen LogP contribution in [0.3, 0.4) is 0 Å². The second-order valence-electron chi connectivity index (χ2n) is 0.577. The Morgan fingerprint density at radius 3 is 0.818 bits per heavy atom. The zero-order valence-corrected chi connectivity index (χ0v) is 7.67. The molecule has 0 amide bonds. The van der Waals surface area contributed by atoms with Gasteiger partial charge in [-0.15, -0.1) is 0 Å². The van der Waals surface area contributed by atoms with Crippen molar-refractivity contribution in [3.63, 3.8) is 0 Å². The van der Waals surface area contributed by atoms with Crippen molar-refractivity contribution in [2.75, 3.05) is 0 Å². The largest absolute Gasteiger partial charge is 2.00 e. The van der Waals surface area contributed by atoms with Crippen LogP contribution in [0.25, 0.3) is 0 Å². The van der Waals surface area contributed by atoms with E-state index in [-0.39, 0.29) is 17.1 Å². The normalized spacial score (nSPS) is 2.91. The van der Waals surface area contributed by atoms with Crippen LogP contribution in [0.15, 0.2) is 25.3 Å². The standard InChI is InChI=1S/2C3H5.2CH2O.Fe/c2*1-3-2;2*1-2;/h2*3H,1-2H2;2*1H2;/q2*-1;;;+2. The van der Waals surface area contributed by atoms with Gasteiger partial charge in [0.1, 0.15) is 13.6 Å². The van der Waals surface area contributed by atoms with Gasteiger partial charge in [0.25, 0.3) is 0 Å². The molecule has 0 saturated carbocycles.